The lowest BCUT2D eigenvalue weighted by atomic mass is 9.70. The minimum Gasteiger partial charge on any atom is -0.396 e. The second-order valence-electron chi connectivity index (χ2n) is 10.4. The van der Waals surface area contributed by atoms with Crippen LogP contribution in [-0.4, -0.2) is 92.4 Å². The number of carbonyl (C=O) groups excluding carboxylic acids is 3. The molecule has 0 aliphatic carbocycles. The van der Waals surface area contributed by atoms with Crippen molar-refractivity contribution in [2.75, 3.05) is 33.3 Å². The van der Waals surface area contributed by atoms with Crippen LogP contribution >= 0.6 is 11.8 Å². The van der Waals surface area contributed by atoms with Crippen LogP contribution in [-0.2, 0) is 14.4 Å². The lowest BCUT2D eigenvalue weighted by molar-refractivity contribution is -0.146. The fourth-order valence-electron chi connectivity index (χ4n) is 5.86. The highest BCUT2D eigenvalue weighted by molar-refractivity contribution is 8.02. The largest absolute Gasteiger partial charge is 0.396 e. The van der Waals surface area contributed by atoms with Crippen molar-refractivity contribution >= 4 is 29.5 Å². The molecule has 3 heterocycles. The molecule has 0 saturated carbocycles. The topological polar surface area (TPSA) is 81.2 Å². The number of aliphatic hydroxyl groups excluding tert-OH is 1. The third-order valence-corrected chi connectivity index (χ3v) is 9.24. The van der Waals surface area contributed by atoms with Gasteiger partial charge in [0, 0.05) is 44.1 Å². The minimum atomic E-state index is -0.606. The third kappa shape index (κ3) is 4.36. The van der Waals surface area contributed by atoms with Gasteiger partial charge in [-0.15, -0.1) is 24.9 Å². The summed E-state index contributed by atoms with van der Waals surface area (Å²) in [6, 6.07) is -0.606. The number of rotatable bonds is 10. The summed E-state index contributed by atoms with van der Waals surface area (Å²) in [6.07, 6.45) is 6.19. The van der Waals surface area contributed by atoms with E-state index in [-0.39, 0.29) is 29.6 Å². The molecule has 5 atom stereocenters. The van der Waals surface area contributed by atoms with Gasteiger partial charge >= 0.3 is 0 Å². The Morgan fingerprint density at radius 2 is 1.88 bits per heavy atom. The van der Waals surface area contributed by atoms with Crippen LogP contribution in [0, 0.1) is 11.8 Å². The first kappa shape index (κ1) is 25.8. The molecule has 8 heteroatoms. The maximum absolute atomic E-state index is 14.1. The second-order valence-corrected chi connectivity index (χ2v) is 12.0. The molecular weight excluding hydrogens is 438 g/mol. The molecule has 1 spiro atoms. The number of amides is 3. The lowest BCUT2D eigenvalue weighted by Crippen LogP contribution is -2.58. The van der Waals surface area contributed by atoms with Gasteiger partial charge in [0.05, 0.1) is 16.6 Å². The average molecular weight is 478 g/mol. The van der Waals surface area contributed by atoms with E-state index in [1.807, 2.05) is 20.8 Å². The zero-order chi connectivity index (χ0) is 24.6. The van der Waals surface area contributed by atoms with E-state index in [2.05, 4.69) is 13.2 Å². The van der Waals surface area contributed by atoms with Crippen molar-refractivity contribution in [3.05, 3.63) is 25.3 Å². The molecule has 3 fully saturated rings. The Balaban J connectivity index is 2.03. The molecular formula is C25H39N3O4S. The molecule has 3 aliphatic heterocycles. The highest BCUT2D eigenvalue weighted by Crippen LogP contribution is 2.66. The first-order valence-electron chi connectivity index (χ1n) is 11.9. The maximum Gasteiger partial charge on any atom is 0.247 e. The van der Waals surface area contributed by atoms with E-state index in [9.17, 15) is 19.5 Å². The van der Waals surface area contributed by atoms with Gasteiger partial charge in [-0.25, -0.2) is 0 Å². The molecule has 184 valence electrons. The molecule has 0 aromatic heterocycles. The van der Waals surface area contributed by atoms with E-state index in [0.29, 0.717) is 32.5 Å². The molecule has 0 radical (unpaired) electrons. The van der Waals surface area contributed by atoms with E-state index in [0.717, 1.165) is 12.8 Å². The van der Waals surface area contributed by atoms with Crippen LogP contribution in [0.3, 0.4) is 0 Å². The molecule has 0 aromatic carbocycles. The Morgan fingerprint density at radius 1 is 1.21 bits per heavy atom. The Bertz CT molecular complexity index is 810. The molecule has 2 bridgehead atoms. The normalized spacial score (nSPS) is 30.3. The van der Waals surface area contributed by atoms with Crippen molar-refractivity contribution in [1.29, 1.82) is 0 Å². The summed E-state index contributed by atoms with van der Waals surface area (Å²) >= 11 is 1.69. The summed E-state index contributed by atoms with van der Waals surface area (Å²) in [6.45, 7) is 14.8. The maximum atomic E-state index is 14.1. The minimum absolute atomic E-state index is 0.0329. The monoisotopic (exact) mass is 477 g/mol. The van der Waals surface area contributed by atoms with Gasteiger partial charge in [0.1, 0.15) is 6.04 Å². The Hall–Kier alpha value is -1.80. The lowest BCUT2D eigenvalue weighted by Gasteiger charge is -2.42. The molecule has 7 nitrogen and oxygen atoms in total. The predicted octanol–water partition coefficient (Wildman–Crippen LogP) is 2.31. The van der Waals surface area contributed by atoms with Crippen molar-refractivity contribution in [2.24, 2.45) is 11.8 Å². The van der Waals surface area contributed by atoms with Crippen LogP contribution in [0.4, 0.5) is 0 Å². The van der Waals surface area contributed by atoms with Crippen LogP contribution in [0.1, 0.15) is 46.5 Å². The smallest absolute Gasteiger partial charge is 0.247 e. The zero-order valence-electron chi connectivity index (χ0n) is 20.5. The van der Waals surface area contributed by atoms with E-state index >= 15 is 0 Å². The second kappa shape index (κ2) is 9.82. The summed E-state index contributed by atoms with van der Waals surface area (Å²) in [5.74, 6) is -1.09. The number of hydrogen-bond donors (Lipinski definition) is 1. The van der Waals surface area contributed by atoms with E-state index < -0.39 is 28.2 Å². The molecule has 3 amide bonds. The van der Waals surface area contributed by atoms with Gasteiger partial charge in [0.2, 0.25) is 17.7 Å². The van der Waals surface area contributed by atoms with E-state index in [1.54, 1.807) is 45.7 Å². The number of likely N-dealkylation sites (N-methyl/N-ethyl adjacent to an activating group) is 1. The summed E-state index contributed by atoms with van der Waals surface area (Å²) in [7, 11) is 1.75. The highest BCUT2D eigenvalue weighted by atomic mass is 32.2. The standard InChI is InChI=1S/C25H39N3O4S/c1-7-13-26(6)21(30)18-17-11-12-25(33-17)19(18)22(31)27(15-9-10-16-29)20(25)23(32)28(14-8-2)24(3,4)5/h7-8,17-20,29H,1-2,9-16H2,3-6H3/t17-,18+,19-,20?,25?/m0/s1. The number of likely N-dealkylation sites (tertiary alicyclic amines) is 1. The Labute approximate surface area is 202 Å². The first-order valence-corrected chi connectivity index (χ1v) is 12.8. The first-order chi connectivity index (χ1) is 15.5. The van der Waals surface area contributed by atoms with E-state index in [4.69, 9.17) is 0 Å². The van der Waals surface area contributed by atoms with Gasteiger partial charge in [0.25, 0.3) is 0 Å². The molecule has 1 N–H and O–H groups in total. The highest BCUT2D eigenvalue weighted by Gasteiger charge is 2.74. The summed E-state index contributed by atoms with van der Waals surface area (Å²) < 4.78 is -0.585. The molecule has 3 saturated heterocycles. The van der Waals surface area contributed by atoms with Crippen molar-refractivity contribution in [3.63, 3.8) is 0 Å². The van der Waals surface area contributed by atoms with Crippen molar-refractivity contribution in [2.45, 2.75) is 68.0 Å². The van der Waals surface area contributed by atoms with Crippen LogP contribution in [0.5, 0.6) is 0 Å². The molecule has 33 heavy (non-hydrogen) atoms. The van der Waals surface area contributed by atoms with Gasteiger partial charge in [-0.1, -0.05) is 12.2 Å². The average Bonchev–Trinajstić information content (AvgIpc) is 3.38. The quantitative estimate of drug-likeness (QED) is 0.386. The van der Waals surface area contributed by atoms with Crippen molar-refractivity contribution < 1.29 is 19.5 Å². The van der Waals surface area contributed by atoms with Crippen molar-refractivity contribution in [3.8, 4) is 0 Å². The van der Waals surface area contributed by atoms with Gasteiger partial charge in [0.15, 0.2) is 0 Å². The molecule has 0 aromatic rings. The number of nitrogens with zero attached hydrogens (tertiary/aromatic N) is 3. The van der Waals surface area contributed by atoms with Gasteiger partial charge < -0.3 is 19.8 Å². The van der Waals surface area contributed by atoms with Crippen LogP contribution in [0.25, 0.3) is 0 Å². The Kier molecular flexibility index (Phi) is 7.68. The summed E-state index contributed by atoms with van der Waals surface area (Å²) in [4.78, 5) is 46.6. The molecule has 3 aliphatic rings. The molecule has 2 unspecified atom stereocenters. The van der Waals surface area contributed by atoms with Gasteiger partial charge in [-0.05, 0) is 46.5 Å². The number of thioether (sulfide) groups is 1. The van der Waals surface area contributed by atoms with Gasteiger partial charge in [-0.2, -0.15) is 0 Å². The summed E-state index contributed by atoms with van der Waals surface area (Å²) in [5.41, 5.74) is -0.430. The van der Waals surface area contributed by atoms with Crippen LogP contribution in [0.15, 0.2) is 25.3 Å². The fraction of sp³-hybridized carbons (Fsp3) is 0.720. The molecule has 3 rings (SSSR count). The van der Waals surface area contributed by atoms with Crippen molar-refractivity contribution in [1.82, 2.24) is 14.7 Å². The van der Waals surface area contributed by atoms with E-state index in [1.165, 1.54) is 0 Å². The number of carbonyl (C=O) groups is 3. The zero-order valence-corrected chi connectivity index (χ0v) is 21.3. The number of unbranched alkanes of at least 4 members (excludes halogenated alkanes) is 1. The van der Waals surface area contributed by atoms with Gasteiger partial charge in [-0.3, -0.25) is 14.4 Å². The van der Waals surface area contributed by atoms with Crippen LogP contribution < -0.4 is 0 Å². The van der Waals surface area contributed by atoms with Crippen LogP contribution in [0.2, 0.25) is 0 Å². The Morgan fingerprint density at radius 3 is 2.45 bits per heavy atom. The summed E-state index contributed by atoms with van der Waals surface area (Å²) in [5, 5.41) is 9.34. The SMILES string of the molecule is C=CCN(C)C(=O)[C@@H]1[C@@H]2CCC3(S2)C(C(=O)N(CC=C)C(C)(C)C)N(CCCCO)C(=O)[C@H]13. The number of aliphatic hydroxyl groups is 1. The predicted molar refractivity (Wildman–Crippen MR) is 132 cm³/mol. The fourth-order valence-corrected chi connectivity index (χ4v) is 8.06. The third-order valence-electron chi connectivity index (χ3n) is 7.29. The number of fused-ring (bicyclic) bond motifs is 1. The number of hydrogen-bond acceptors (Lipinski definition) is 5.